The number of carbonyl (C=O) groups is 5. The number of pyridine rings is 2. The van der Waals surface area contributed by atoms with E-state index in [1.807, 2.05) is 53.7 Å². The minimum atomic E-state index is -0.560. The molecule has 4 saturated carbocycles. The quantitative estimate of drug-likeness (QED) is 0.118. The van der Waals surface area contributed by atoms with Crippen molar-refractivity contribution in [3.8, 4) is 0 Å². The molecule has 4 unspecified atom stereocenters. The minimum Gasteiger partial charge on any atom is -0.444 e. The standard InChI is InChI=1S/C33H42N8O4.C28H34N8O2/c1-33(2,3)45-32(44)40-23-9-10-24(40)18-39(17-23)29(42)21-8-11-27(34-15-21)36-31-35-16-22-14-26(30(43)38(4)5)41(28(22)37-31)25-13-19-6-7-20(25)12-19;1-34(2)27(38)23-11-19-13-30-28(33-25(19)36(23)22-10-16-3-4-17(22)9-16)32-24-8-5-18(12-29-24)26(37)35-14-20-6-7-21(15-35)31-20/h8,11,14-16,19-20,23-25H,6-7,9-10,12-13,17-18H2,1-5H3,(H,34,35,36,37);5,8,11-13,16-17,20-22,31H,3-4,6-7,9-10,14-15H2,1-2H3,(H,29,30,32,33)/t19-,20+,23?,24?,25+;16-,17+,20?,21?,22+/m11/s1. The molecule has 8 aliphatic rings. The first kappa shape index (κ1) is 54.5. The highest BCUT2D eigenvalue weighted by molar-refractivity contribution is 5.99. The molecule has 6 aromatic heterocycles. The molecular formula is C61H76N16O6. The van der Waals surface area contributed by atoms with E-state index in [0.29, 0.717) is 89.0 Å². The zero-order chi connectivity index (χ0) is 57.6. The number of hydrogen-bond donors (Lipinski definition) is 3. The molecule has 4 saturated heterocycles. The highest BCUT2D eigenvalue weighted by atomic mass is 16.6. The summed E-state index contributed by atoms with van der Waals surface area (Å²) >= 11 is 0. The summed E-state index contributed by atoms with van der Waals surface area (Å²) < 4.78 is 9.95. The lowest BCUT2D eigenvalue weighted by Crippen LogP contribution is -2.57. The number of anilines is 4. The molecule has 5 amide bonds. The lowest BCUT2D eigenvalue weighted by molar-refractivity contribution is -0.00337. The van der Waals surface area contributed by atoms with Crippen LogP contribution in [0.5, 0.6) is 0 Å². The van der Waals surface area contributed by atoms with Gasteiger partial charge in [-0.15, -0.1) is 0 Å². The van der Waals surface area contributed by atoms with Crippen LogP contribution >= 0.6 is 0 Å². The summed E-state index contributed by atoms with van der Waals surface area (Å²) in [5.41, 5.74) is 3.38. The maximum Gasteiger partial charge on any atom is 0.410 e. The number of carbonyl (C=O) groups excluding carboxylic acids is 5. The van der Waals surface area contributed by atoms with Gasteiger partial charge in [0.2, 0.25) is 11.9 Å². The van der Waals surface area contributed by atoms with E-state index in [1.165, 1.54) is 38.5 Å². The average Bonchev–Trinajstić information content (AvgIpc) is 3.91. The molecule has 22 heteroatoms. The van der Waals surface area contributed by atoms with Crippen LogP contribution in [0.25, 0.3) is 22.1 Å². The molecule has 8 bridgehead atoms. The number of ether oxygens (including phenoxy) is 1. The first-order chi connectivity index (χ1) is 39.9. The molecule has 0 spiro atoms. The van der Waals surface area contributed by atoms with Crippen molar-refractivity contribution in [2.75, 3.05) is 65.0 Å². The summed E-state index contributed by atoms with van der Waals surface area (Å²) in [6, 6.07) is 12.2. The highest BCUT2D eigenvalue weighted by Gasteiger charge is 2.47. The summed E-state index contributed by atoms with van der Waals surface area (Å²) in [4.78, 5) is 102. The third kappa shape index (κ3) is 10.6. The Labute approximate surface area is 483 Å². The number of nitrogens with zero attached hydrogens (tertiary/aromatic N) is 13. The van der Waals surface area contributed by atoms with Crippen LogP contribution in [0.2, 0.25) is 0 Å². The zero-order valence-corrected chi connectivity index (χ0v) is 48.6. The summed E-state index contributed by atoms with van der Waals surface area (Å²) in [6.45, 7) is 8.05. The Kier molecular flexibility index (Phi) is 14.1. The van der Waals surface area contributed by atoms with Crippen molar-refractivity contribution in [1.29, 1.82) is 0 Å². The number of hydrogen-bond acceptors (Lipinski definition) is 15. The van der Waals surface area contributed by atoms with E-state index in [4.69, 9.17) is 14.7 Å². The molecule has 6 aromatic rings. The van der Waals surface area contributed by atoms with Gasteiger partial charge in [-0.3, -0.25) is 24.1 Å². The Balaban J connectivity index is 0.000000157. The maximum absolute atomic E-state index is 13.4. The van der Waals surface area contributed by atoms with Crippen LogP contribution in [0.3, 0.4) is 0 Å². The van der Waals surface area contributed by atoms with Crippen LogP contribution in [-0.2, 0) is 4.74 Å². The van der Waals surface area contributed by atoms with Gasteiger partial charge in [-0.25, -0.2) is 24.7 Å². The molecule has 10 heterocycles. The smallest absolute Gasteiger partial charge is 0.410 e. The van der Waals surface area contributed by atoms with Crippen molar-refractivity contribution < 1.29 is 28.7 Å². The fraction of sp³-hybridized carbons (Fsp3) is 0.557. The van der Waals surface area contributed by atoms with Gasteiger partial charge in [0.25, 0.3) is 23.6 Å². The fourth-order valence-corrected chi connectivity index (χ4v) is 15.1. The predicted molar refractivity (Wildman–Crippen MR) is 312 cm³/mol. The van der Waals surface area contributed by atoms with Crippen molar-refractivity contribution in [2.45, 2.75) is 140 Å². The molecule has 0 radical (unpaired) electrons. The number of fused-ring (bicyclic) bond motifs is 10. The molecule has 4 aliphatic heterocycles. The molecule has 10 atom stereocenters. The second kappa shape index (κ2) is 21.5. The fourth-order valence-electron chi connectivity index (χ4n) is 15.1. The largest absolute Gasteiger partial charge is 0.444 e. The molecule has 3 N–H and O–H groups in total. The summed E-state index contributed by atoms with van der Waals surface area (Å²) in [5, 5.41) is 11.7. The Morgan fingerprint density at radius 3 is 1.41 bits per heavy atom. The molecule has 436 valence electrons. The number of nitrogens with one attached hydrogen (secondary N) is 3. The van der Waals surface area contributed by atoms with Gasteiger partial charge >= 0.3 is 6.09 Å². The van der Waals surface area contributed by atoms with E-state index in [9.17, 15) is 24.0 Å². The second-order valence-electron chi connectivity index (χ2n) is 26.1. The molecule has 83 heavy (non-hydrogen) atoms. The Bertz CT molecular complexity index is 3470. The summed E-state index contributed by atoms with van der Waals surface area (Å²) in [6.07, 6.45) is 20.0. The van der Waals surface area contributed by atoms with Crippen molar-refractivity contribution in [1.82, 2.24) is 68.9 Å². The number of aromatic nitrogens is 8. The van der Waals surface area contributed by atoms with E-state index in [2.05, 4.69) is 45.0 Å². The first-order valence-electron chi connectivity index (χ1n) is 29.9. The Morgan fingerprint density at radius 1 is 0.566 bits per heavy atom. The van der Waals surface area contributed by atoms with Gasteiger partial charge in [-0.1, -0.05) is 12.8 Å². The van der Waals surface area contributed by atoms with Gasteiger partial charge < -0.3 is 49.4 Å². The highest BCUT2D eigenvalue weighted by Crippen LogP contribution is 2.53. The van der Waals surface area contributed by atoms with Crippen molar-refractivity contribution in [3.05, 3.63) is 83.7 Å². The van der Waals surface area contributed by atoms with Crippen LogP contribution in [0, 0.1) is 23.7 Å². The first-order valence-corrected chi connectivity index (χ1v) is 29.9. The third-order valence-electron chi connectivity index (χ3n) is 18.8. The summed E-state index contributed by atoms with van der Waals surface area (Å²) in [5.74, 6) is 4.39. The molecule has 4 aliphatic carbocycles. The lowest BCUT2D eigenvalue weighted by atomic mass is 9.95. The normalized spacial score (nSPS) is 26.6. The van der Waals surface area contributed by atoms with Crippen LogP contribution in [0.15, 0.2) is 61.2 Å². The van der Waals surface area contributed by atoms with E-state index in [1.54, 1.807) is 81.0 Å². The van der Waals surface area contributed by atoms with Crippen LogP contribution < -0.4 is 16.0 Å². The Morgan fingerprint density at radius 2 is 1.02 bits per heavy atom. The van der Waals surface area contributed by atoms with Crippen molar-refractivity contribution in [2.24, 2.45) is 23.7 Å². The van der Waals surface area contributed by atoms with Gasteiger partial charge in [0.15, 0.2) is 0 Å². The Hall–Kier alpha value is -7.75. The predicted octanol–water partition coefficient (Wildman–Crippen LogP) is 8.07. The number of likely N-dealkylation sites (tertiary alicyclic amines) is 2. The SMILES string of the molecule is CN(C)C(=O)c1cc2cnc(Nc3ccc(C(=O)N4CC5CCC(C4)N5)cn3)nc2n1[C@H]1C[C@@H]2CC[C@H]1C2.CN(C)C(=O)c1cc2cnc(Nc3ccc(C(=O)N4CC5CCC(C4)N5C(=O)OC(C)(C)C)cn3)nc2n1[C@H]1C[C@@H]2CC[C@H]1C2. The van der Waals surface area contributed by atoms with Crippen molar-refractivity contribution in [3.63, 3.8) is 0 Å². The minimum absolute atomic E-state index is 0.0142. The molecule has 0 aromatic carbocycles. The van der Waals surface area contributed by atoms with E-state index >= 15 is 0 Å². The van der Waals surface area contributed by atoms with Gasteiger partial charge in [0.05, 0.1) is 23.2 Å². The molecule has 22 nitrogen and oxygen atoms in total. The van der Waals surface area contributed by atoms with E-state index in [-0.39, 0.29) is 53.9 Å². The van der Waals surface area contributed by atoms with Gasteiger partial charge in [-0.2, -0.15) is 9.97 Å². The van der Waals surface area contributed by atoms with E-state index < -0.39 is 5.60 Å². The molecule has 8 fully saturated rings. The molecule has 14 rings (SSSR count). The summed E-state index contributed by atoms with van der Waals surface area (Å²) in [7, 11) is 7.13. The maximum atomic E-state index is 13.4. The average molecular weight is 1130 g/mol. The lowest BCUT2D eigenvalue weighted by Gasteiger charge is -2.41. The zero-order valence-electron chi connectivity index (χ0n) is 48.6. The van der Waals surface area contributed by atoms with Gasteiger partial charge in [0, 0.05) is 114 Å². The van der Waals surface area contributed by atoms with Crippen molar-refractivity contribution >= 4 is 75.3 Å². The monoisotopic (exact) mass is 1130 g/mol. The van der Waals surface area contributed by atoms with Crippen LogP contribution in [0.1, 0.15) is 152 Å². The topological polar surface area (TPSA) is 234 Å². The van der Waals surface area contributed by atoms with Gasteiger partial charge in [0.1, 0.15) is 39.9 Å². The number of piperazine rings is 2. The van der Waals surface area contributed by atoms with E-state index in [0.717, 1.165) is 79.6 Å². The van der Waals surface area contributed by atoms with Crippen LogP contribution in [-0.4, -0.2) is 177 Å². The van der Waals surface area contributed by atoms with Gasteiger partial charge in [-0.05, 0) is 145 Å². The molecular weight excluding hydrogens is 1050 g/mol. The third-order valence-corrected chi connectivity index (χ3v) is 18.8. The van der Waals surface area contributed by atoms with Crippen LogP contribution in [0.4, 0.5) is 28.3 Å². The number of amides is 5. The second-order valence-corrected chi connectivity index (χ2v) is 26.1. The number of rotatable bonds is 10.